The number of nitrogens with one attached hydrogen (secondary N) is 6. The summed E-state index contributed by atoms with van der Waals surface area (Å²) in [6.45, 7) is 1.00. The van der Waals surface area contributed by atoms with Gasteiger partial charge in [0.2, 0.25) is 12.2 Å². The Labute approximate surface area is 335 Å². The van der Waals surface area contributed by atoms with Crippen molar-refractivity contribution in [3.8, 4) is 5.75 Å². The zero-order valence-electron chi connectivity index (χ0n) is 31.5. The Morgan fingerprint density at radius 2 is 1.69 bits per heavy atom. The number of ether oxygens (including phenoxy) is 5. The molecule has 13 atom stereocenters. The van der Waals surface area contributed by atoms with E-state index in [0.29, 0.717) is 10.5 Å². The Morgan fingerprint density at radius 1 is 0.983 bits per heavy atom. The largest absolute Gasteiger partial charge is 0.462 e. The molecule has 0 saturated carbocycles. The molecule has 19 N–H and O–H groups in total. The molecule has 0 radical (unpaired) electrons. The van der Waals surface area contributed by atoms with Gasteiger partial charge in [0.05, 0.1) is 43.3 Å². The maximum atomic E-state index is 13.4. The van der Waals surface area contributed by atoms with E-state index in [1.807, 2.05) is 0 Å². The van der Waals surface area contributed by atoms with Crippen LogP contribution >= 0.6 is 0 Å². The SMILES string of the molecule is C[C@H]1O[C@H](Oc2ccc(/C=C/C(=O)NCCC(=N)N)cc2)[C@H](N=C(N)N)[C@@H](O)[C@@H]1NC(=O)N[C@H]1OC[C@@H](O[C@H]2OC[C@H](O)[C@@H]3NC(=O)N(C(N)=O)[C@H]23)[C@H](O)[C@H]1NC(N)=O. The number of imide groups is 1. The smallest absolute Gasteiger partial charge is 0.326 e. The number of hydrogen-bond donors (Lipinski definition) is 14. The van der Waals surface area contributed by atoms with E-state index >= 15 is 0 Å². The van der Waals surface area contributed by atoms with Gasteiger partial charge in [-0.25, -0.2) is 29.1 Å². The van der Waals surface area contributed by atoms with E-state index in [-0.39, 0.29) is 37.1 Å². The van der Waals surface area contributed by atoms with Gasteiger partial charge in [-0.3, -0.25) is 10.2 Å². The normalized spacial score (nSPS) is 32.8. The molecular formula is C33H49N13O13. The van der Waals surface area contributed by atoms with Gasteiger partial charge >= 0.3 is 24.1 Å². The fourth-order valence-corrected chi connectivity index (χ4v) is 6.83. The molecule has 5 rings (SSSR count). The first-order valence-electron chi connectivity index (χ1n) is 18.2. The molecule has 1 aromatic rings. The number of aliphatic hydroxyl groups excluding tert-OH is 3. The lowest BCUT2D eigenvalue weighted by molar-refractivity contribution is -0.268. The van der Waals surface area contributed by atoms with Gasteiger partial charge < -0.3 is 94.3 Å². The number of benzene rings is 1. The van der Waals surface area contributed by atoms with E-state index in [4.69, 9.17) is 57.8 Å². The van der Waals surface area contributed by atoms with Crippen LogP contribution in [0.4, 0.5) is 19.2 Å². The summed E-state index contributed by atoms with van der Waals surface area (Å²) in [7, 11) is 0. The number of aliphatic hydroxyl groups is 3. The lowest BCUT2D eigenvalue weighted by atomic mass is 9.95. The molecule has 0 spiro atoms. The van der Waals surface area contributed by atoms with Crippen LogP contribution in [0.25, 0.3) is 6.08 Å². The maximum Gasteiger partial charge on any atom is 0.326 e. The average Bonchev–Trinajstić information content (AvgIpc) is 3.52. The molecule has 1 aromatic carbocycles. The van der Waals surface area contributed by atoms with E-state index in [2.05, 4.69) is 31.6 Å². The van der Waals surface area contributed by atoms with Crippen LogP contribution < -0.4 is 60.0 Å². The highest BCUT2D eigenvalue weighted by molar-refractivity contribution is 5.95. The van der Waals surface area contributed by atoms with Gasteiger partial charge in [0.25, 0.3) is 0 Å². The van der Waals surface area contributed by atoms with Crippen molar-refractivity contribution in [2.24, 2.45) is 33.7 Å². The number of amidine groups is 1. The molecule has 4 aliphatic heterocycles. The molecule has 59 heavy (non-hydrogen) atoms. The van der Waals surface area contributed by atoms with Crippen LogP contribution in [0.5, 0.6) is 5.75 Å². The van der Waals surface area contributed by atoms with E-state index in [9.17, 15) is 39.3 Å². The third-order valence-corrected chi connectivity index (χ3v) is 9.64. The van der Waals surface area contributed by atoms with E-state index < -0.39 is 116 Å². The fourth-order valence-electron chi connectivity index (χ4n) is 6.83. The second-order valence-electron chi connectivity index (χ2n) is 13.9. The van der Waals surface area contributed by atoms with Crippen molar-refractivity contribution >= 4 is 47.9 Å². The second-order valence-corrected chi connectivity index (χ2v) is 13.9. The quantitative estimate of drug-likeness (QED) is 0.0501. The van der Waals surface area contributed by atoms with Gasteiger partial charge in [-0.05, 0) is 30.7 Å². The van der Waals surface area contributed by atoms with Gasteiger partial charge in [0, 0.05) is 19.0 Å². The third kappa shape index (κ3) is 10.9. The summed E-state index contributed by atoms with van der Waals surface area (Å²) in [4.78, 5) is 66.5. The number of rotatable bonds is 13. The molecule has 4 aliphatic rings. The Morgan fingerprint density at radius 3 is 2.34 bits per heavy atom. The molecular weight excluding hydrogens is 786 g/mol. The van der Waals surface area contributed by atoms with E-state index in [0.717, 1.165) is 0 Å². The molecule has 0 aromatic heterocycles. The van der Waals surface area contributed by atoms with E-state index in [1.165, 1.54) is 13.0 Å². The molecule has 4 heterocycles. The Hall–Kier alpha value is -6.03. The number of carbonyl (C=O) groups excluding carboxylic acids is 5. The minimum absolute atomic E-state index is 0.0454. The summed E-state index contributed by atoms with van der Waals surface area (Å²) in [5, 5.41) is 52.7. The summed E-state index contributed by atoms with van der Waals surface area (Å²) < 4.78 is 29.2. The number of hydrogen-bond acceptors (Lipinski definition) is 15. The van der Waals surface area contributed by atoms with Gasteiger partial charge in [0.15, 0.2) is 18.5 Å². The van der Waals surface area contributed by atoms with Crippen LogP contribution in [0.3, 0.4) is 0 Å². The molecule has 0 aliphatic carbocycles. The average molecular weight is 836 g/mol. The van der Waals surface area contributed by atoms with Gasteiger partial charge in [-0.15, -0.1) is 0 Å². The van der Waals surface area contributed by atoms with Crippen molar-refractivity contribution in [2.45, 2.75) is 92.9 Å². The van der Waals surface area contributed by atoms with Gasteiger partial charge in [-0.1, -0.05) is 12.1 Å². The summed E-state index contributed by atoms with van der Waals surface area (Å²) in [5.41, 5.74) is 28.0. The van der Waals surface area contributed by atoms with Crippen molar-refractivity contribution < 1.29 is 63.0 Å². The van der Waals surface area contributed by atoms with Crippen LogP contribution in [0.15, 0.2) is 35.3 Å². The van der Waals surface area contributed by atoms with Crippen molar-refractivity contribution in [3.63, 3.8) is 0 Å². The highest BCUT2D eigenvalue weighted by Crippen LogP contribution is 2.30. The topological polar surface area (TPSA) is 422 Å². The lowest BCUT2D eigenvalue weighted by Gasteiger charge is -2.44. The molecule has 4 fully saturated rings. The summed E-state index contributed by atoms with van der Waals surface area (Å²) in [6, 6.07) is -3.81. The zero-order valence-corrected chi connectivity index (χ0v) is 31.5. The molecule has 4 saturated heterocycles. The number of carbonyl (C=O) groups is 5. The van der Waals surface area contributed by atoms with Crippen LogP contribution in [0, 0.1) is 5.41 Å². The predicted octanol–water partition coefficient (Wildman–Crippen LogP) is -5.37. The highest BCUT2D eigenvalue weighted by atomic mass is 16.7. The van der Waals surface area contributed by atoms with Crippen molar-refractivity contribution in [1.82, 2.24) is 31.5 Å². The van der Waals surface area contributed by atoms with Crippen molar-refractivity contribution in [2.75, 3.05) is 19.8 Å². The standard InChI is InChI=1S/C33H49N13O13/c1-12-19(25(50)22(41-29(36)37)27(57-12)58-14-5-2-13(3-6-14)4-7-18(48)40-9-8-17(34)35)43-32(53)45-26-21(42-30(38)51)24(49)16(11-55-26)59-28-23-20(15(47)10-56-28)44-33(54)46(23)31(39)52/h2-7,12,15-16,19-28,47,49-50H,8-11H2,1H3,(H3,34,35)(H2,39,52)(H,40,48)(H,44,54)(H4,36,37,41)(H3,38,42,51)(H2,43,45,53)/b7-4+/t12-,15+,16-,19-,20+,21-,22-,23+,24+,25+,26+,27-,28-/m1/s1. The molecule has 324 valence electrons. The van der Waals surface area contributed by atoms with Crippen molar-refractivity contribution in [3.05, 3.63) is 35.9 Å². The maximum absolute atomic E-state index is 13.4. The Kier molecular flexibility index (Phi) is 14.3. The number of nitrogens with zero attached hydrogens (tertiary/aromatic N) is 2. The van der Waals surface area contributed by atoms with Crippen LogP contribution in [0.1, 0.15) is 18.9 Å². The number of guanidine groups is 1. The fraction of sp³-hybridized carbons (Fsp3) is 0.545. The Bertz CT molecular complexity index is 1780. The first-order valence-corrected chi connectivity index (χ1v) is 18.2. The Balaban J connectivity index is 1.20. The summed E-state index contributed by atoms with van der Waals surface area (Å²) >= 11 is 0. The first kappa shape index (κ1) is 44.1. The van der Waals surface area contributed by atoms with Crippen LogP contribution in [-0.4, -0.2) is 161 Å². The lowest BCUT2D eigenvalue weighted by Crippen LogP contribution is -2.69. The number of aliphatic imine (C=N–C) groups is 1. The second kappa shape index (κ2) is 19.1. The van der Waals surface area contributed by atoms with E-state index in [1.54, 1.807) is 30.3 Å². The molecule has 26 heteroatoms. The minimum atomic E-state index is -1.65. The number of amides is 9. The van der Waals surface area contributed by atoms with Gasteiger partial charge in [-0.2, -0.15) is 0 Å². The van der Waals surface area contributed by atoms with Crippen LogP contribution in [0.2, 0.25) is 0 Å². The van der Waals surface area contributed by atoms with Gasteiger partial charge in [0.1, 0.15) is 42.2 Å². The van der Waals surface area contributed by atoms with Crippen molar-refractivity contribution in [1.29, 1.82) is 5.41 Å². The number of nitrogens with two attached hydrogens (primary N) is 5. The van der Waals surface area contributed by atoms with Crippen LogP contribution in [-0.2, 0) is 23.7 Å². The number of fused-ring (bicyclic) bond motifs is 1. The third-order valence-electron chi connectivity index (χ3n) is 9.64. The first-order chi connectivity index (χ1) is 27.9. The predicted molar refractivity (Wildman–Crippen MR) is 201 cm³/mol. The summed E-state index contributed by atoms with van der Waals surface area (Å²) in [5.74, 6) is -0.556. The zero-order chi connectivity index (χ0) is 43.1. The monoisotopic (exact) mass is 835 g/mol. The molecule has 0 unspecified atom stereocenters. The molecule has 26 nitrogen and oxygen atoms in total. The highest BCUT2D eigenvalue weighted by Gasteiger charge is 2.55. The summed E-state index contributed by atoms with van der Waals surface area (Å²) in [6.07, 6.45) is -7.64. The molecule has 0 bridgehead atoms. The number of primary amides is 2. The molecule has 9 amide bonds. The minimum Gasteiger partial charge on any atom is -0.462 e. The number of urea groups is 4.